The number of nitrogens with one attached hydrogen (secondary N) is 3. The number of carbonyl (C=O) groups is 1. The van der Waals surface area contributed by atoms with Crippen molar-refractivity contribution in [2.75, 3.05) is 18.8 Å². The van der Waals surface area contributed by atoms with Gasteiger partial charge in [-0.2, -0.15) is 0 Å². The lowest BCUT2D eigenvalue weighted by Gasteiger charge is -2.24. The van der Waals surface area contributed by atoms with Gasteiger partial charge in [-0.25, -0.2) is 0 Å². The summed E-state index contributed by atoms with van der Waals surface area (Å²) in [4.78, 5) is 13.1. The van der Waals surface area contributed by atoms with E-state index in [-0.39, 0.29) is 17.8 Å². The molecule has 7 N–H and O–H groups in total. The summed E-state index contributed by atoms with van der Waals surface area (Å²) in [5.41, 5.74) is 15.4. The fraction of sp³-hybridized carbons (Fsp3) is 0.273. The van der Waals surface area contributed by atoms with Crippen LogP contribution in [0.1, 0.15) is 34.5 Å². The van der Waals surface area contributed by atoms with Crippen LogP contribution in [-0.2, 0) is 6.54 Å². The summed E-state index contributed by atoms with van der Waals surface area (Å²) in [5, 5.41) is 15.2. The number of nitrogens with zero attached hydrogens (tertiary/aromatic N) is 1. The topological polar surface area (TPSA) is 122 Å². The highest BCUT2D eigenvalue weighted by molar-refractivity contribution is 6.02. The number of fused-ring (bicyclic) bond motifs is 1. The fourth-order valence-corrected chi connectivity index (χ4v) is 3.81. The number of hydrogen-bond acceptors (Lipinski definition) is 4. The molecule has 1 amide bonds. The number of anilines is 1. The molecule has 29 heavy (non-hydrogen) atoms. The molecule has 4 rings (SSSR count). The fourth-order valence-electron chi connectivity index (χ4n) is 3.81. The largest absolute Gasteiger partial charge is 0.399 e. The standard InChI is InChI=1S/C22H26N6O/c23-17-5-1-14(2-6-17)13-28-19-12-16(21(24)25)4-3-15(19)11-20(28)22(29)27-18-7-9-26-10-8-18/h1-6,11-12,18,26H,7-10,13,23H2,(H3,24,25)(H,27,29). The number of rotatable bonds is 5. The molecule has 2 heterocycles. The molecule has 1 aromatic heterocycles. The maximum absolute atomic E-state index is 13.1. The first-order valence-electron chi connectivity index (χ1n) is 9.85. The first-order chi connectivity index (χ1) is 14.0. The van der Waals surface area contributed by atoms with Crippen molar-refractivity contribution in [2.24, 2.45) is 5.73 Å². The van der Waals surface area contributed by atoms with Crippen LogP contribution < -0.4 is 22.1 Å². The van der Waals surface area contributed by atoms with Crippen molar-refractivity contribution >= 4 is 28.3 Å². The number of hydrogen-bond donors (Lipinski definition) is 5. The number of nitrogen functional groups attached to an aromatic ring is 2. The Labute approximate surface area is 169 Å². The number of amides is 1. The molecular formula is C22H26N6O. The second kappa shape index (κ2) is 7.97. The first-order valence-corrected chi connectivity index (χ1v) is 9.85. The highest BCUT2D eigenvalue weighted by Crippen LogP contribution is 2.24. The van der Waals surface area contributed by atoms with Crippen molar-refractivity contribution in [1.29, 1.82) is 5.41 Å². The molecule has 0 unspecified atom stereocenters. The van der Waals surface area contributed by atoms with Gasteiger partial charge in [0.15, 0.2) is 0 Å². The molecule has 0 radical (unpaired) electrons. The molecule has 1 aliphatic rings. The summed E-state index contributed by atoms with van der Waals surface area (Å²) >= 11 is 0. The number of piperidine rings is 1. The number of aromatic nitrogens is 1. The number of benzene rings is 2. The third-order valence-corrected chi connectivity index (χ3v) is 5.44. The Morgan fingerprint density at radius 3 is 2.55 bits per heavy atom. The van der Waals surface area contributed by atoms with E-state index < -0.39 is 0 Å². The Balaban J connectivity index is 1.73. The summed E-state index contributed by atoms with van der Waals surface area (Å²) < 4.78 is 1.99. The minimum atomic E-state index is -0.0760. The van der Waals surface area contributed by atoms with E-state index in [0.717, 1.165) is 42.4 Å². The second-order valence-electron chi connectivity index (χ2n) is 7.54. The van der Waals surface area contributed by atoms with Gasteiger partial charge in [-0.1, -0.05) is 24.3 Å². The van der Waals surface area contributed by atoms with Crippen LogP contribution in [0.5, 0.6) is 0 Å². The van der Waals surface area contributed by atoms with Gasteiger partial charge in [0.05, 0.1) is 0 Å². The summed E-state index contributed by atoms with van der Waals surface area (Å²) in [5.74, 6) is -0.0687. The molecule has 0 saturated carbocycles. The molecule has 0 spiro atoms. The SMILES string of the molecule is N=C(N)c1ccc2cc(C(=O)NC3CCNCC3)n(Cc3ccc(N)cc3)c2c1. The Bertz CT molecular complexity index is 1050. The Hall–Kier alpha value is -3.32. The Kier molecular flexibility index (Phi) is 5.22. The average Bonchev–Trinajstić information content (AvgIpc) is 3.08. The van der Waals surface area contributed by atoms with Gasteiger partial charge in [-0.05, 0) is 55.8 Å². The number of nitrogens with two attached hydrogens (primary N) is 2. The van der Waals surface area contributed by atoms with Crippen LogP contribution in [0.15, 0.2) is 48.5 Å². The molecule has 0 aliphatic carbocycles. The lowest BCUT2D eigenvalue weighted by atomic mass is 10.1. The summed E-state index contributed by atoms with van der Waals surface area (Å²) in [6.45, 7) is 2.36. The smallest absolute Gasteiger partial charge is 0.268 e. The highest BCUT2D eigenvalue weighted by atomic mass is 16.2. The van der Waals surface area contributed by atoms with Gasteiger partial charge in [0.1, 0.15) is 11.5 Å². The van der Waals surface area contributed by atoms with E-state index in [1.54, 1.807) is 0 Å². The van der Waals surface area contributed by atoms with Crippen LogP contribution in [0.2, 0.25) is 0 Å². The summed E-state index contributed by atoms with van der Waals surface area (Å²) in [6.07, 6.45) is 1.86. The minimum absolute atomic E-state index is 0.00726. The molecular weight excluding hydrogens is 364 g/mol. The second-order valence-corrected chi connectivity index (χ2v) is 7.54. The molecule has 1 fully saturated rings. The van der Waals surface area contributed by atoms with Crippen molar-refractivity contribution in [1.82, 2.24) is 15.2 Å². The maximum Gasteiger partial charge on any atom is 0.268 e. The highest BCUT2D eigenvalue weighted by Gasteiger charge is 2.21. The average molecular weight is 390 g/mol. The first kappa shape index (κ1) is 19.0. The van der Waals surface area contributed by atoms with Crippen LogP contribution in [0.25, 0.3) is 10.9 Å². The molecule has 0 atom stereocenters. The van der Waals surface area contributed by atoms with Crippen LogP contribution in [0, 0.1) is 5.41 Å². The molecule has 3 aromatic rings. The minimum Gasteiger partial charge on any atom is -0.399 e. The van der Waals surface area contributed by atoms with Crippen molar-refractivity contribution < 1.29 is 4.79 Å². The number of carbonyl (C=O) groups excluding carboxylic acids is 1. The third-order valence-electron chi connectivity index (χ3n) is 5.44. The van der Waals surface area contributed by atoms with Gasteiger partial charge in [-0.3, -0.25) is 10.2 Å². The zero-order valence-electron chi connectivity index (χ0n) is 16.2. The molecule has 150 valence electrons. The monoisotopic (exact) mass is 390 g/mol. The van der Waals surface area contributed by atoms with Crippen LogP contribution in [0.4, 0.5) is 5.69 Å². The molecule has 1 saturated heterocycles. The summed E-state index contributed by atoms with van der Waals surface area (Å²) in [6, 6.07) is 15.3. The van der Waals surface area contributed by atoms with Crippen LogP contribution in [-0.4, -0.2) is 35.4 Å². The molecule has 7 heteroatoms. The van der Waals surface area contributed by atoms with Gasteiger partial charge in [-0.15, -0.1) is 0 Å². The maximum atomic E-state index is 13.1. The van der Waals surface area contributed by atoms with Crippen molar-refractivity contribution in [3.8, 4) is 0 Å². The van der Waals surface area contributed by atoms with Gasteiger partial charge in [0.2, 0.25) is 0 Å². The molecule has 2 aromatic carbocycles. The molecule has 7 nitrogen and oxygen atoms in total. The third kappa shape index (κ3) is 4.09. The zero-order valence-corrected chi connectivity index (χ0v) is 16.2. The number of amidine groups is 1. The van der Waals surface area contributed by atoms with E-state index in [1.807, 2.05) is 53.1 Å². The van der Waals surface area contributed by atoms with E-state index in [4.69, 9.17) is 16.9 Å². The normalized spacial score (nSPS) is 14.8. The van der Waals surface area contributed by atoms with Crippen LogP contribution >= 0.6 is 0 Å². The zero-order chi connectivity index (χ0) is 20.4. The predicted molar refractivity (Wildman–Crippen MR) is 116 cm³/mol. The lowest BCUT2D eigenvalue weighted by Crippen LogP contribution is -2.43. The Morgan fingerprint density at radius 2 is 1.86 bits per heavy atom. The van der Waals surface area contributed by atoms with Crippen LogP contribution in [0.3, 0.4) is 0 Å². The van der Waals surface area contributed by atoms with Gasteiger partial charge in [0, 0.05) is 34.7 Å². The van der Waals surface area contributed by atoms with E-state index in [0.29, 0.717) is 23.5 Å². The summed E-state index contributed by atoms with van der Waals surface area (Å²) in [7, 11) is 0. The van der Waals surface area contributed by atoms with Gasteiger partial charge < -0.3 is 26.7 Å². The van der Waals surface area contributed by atoms with E-state index >= 15 is 0 Å². The predicted octanol–water partition coefficient (Wildman–Crippen LogP) is 2.04. The van der Waals surface area contributed by atoms with E-state index in [9.17, 15) is 4.79 Å². The van der Waals surface area contributed by atoms with Gasteiger partial charge in [0.25, 0.3) is 5.91 Å². The van der Waals surface area contributed by atoms with Crippen molar-refractivity contribution in [3.05, 3.63) is 65.4 Å². The lowest BCUT2D eigenvalue weighted by molar-refractivity contribution is 0.0921. The Morgan fingerprint density at radius 1 is 1.14 bits per heavy atom. The van der Waals surface area contributed by atoms with E-state index in [2.05, 4.69) is 10.6 Å². The quantitative estimate of drug-likeness (QED) is 0.260. The van der Waals surface area contributed by atoms with Crippen molar-refractivity contribution in [2.45, 2.75) is 25.4 Å². The molecule has 1 aliphatic heterocycles. The molecule has 0 bridgehead atoms. The van der Waals surface area contributed by atoms with Gasteiger partial charge >= 0.3 is 0 Å². The van der Waals surface area contributed by atoms with E-state index in [1.165, 1.54) is 0 Å². The van der Waals surface area contributed by atoms with Crippen molar-refractivity contribution in [3.63, 3.8) is 0 Å².